The lowest BCUT2D eigenvalue weighted by Crippen LogP contribution is -3.00. The molecule has 6 N–H and O–H groups in total. The van der Waals surface area contributed by atoms with Crippen LogP contribution in [0.1, 0.15) is 109 Å². The molecule has 0 bridgehead atoms. The minimum atomic E-state index is -1.01. The molecule has 24 heteroatoms. The summed E-state index contributed by atoms with van der Waals surface area (Å²) in [5.74, 6) is 2.92. The van der Waals surface area contributed by atoms with Crippen LogP contribution in [0.2, 0.25) is 0 Å². The number of ether oxygens (including phenoxy) is 3. The maximum absolute atomic E-state index is 14.3. The lowest BCUT2D eigenvalue weighted by Gasteiger charge is -2.38. The molecular formula is C45H74ClN16O7-. The quantitative estimate of drug-likeness (QED) is 0.0498. The molecule has 2 saturated heterocycles. The van der Waals surface area contributed by atoms with Gasteiger partial charge in [-0.15, -0.1) is 16.6 Å². The Balaban J connectivity index is 0.0000104. The Labute approximate surface area is 412 Å². The van der Waals surface area contributed by atoms with Gasteiger partial charge in [0.05, 0.1) is 68.9 Å². The van der Waals surface area contributed by atoms with E-state index in [1.165, 1.54) is 4.68 Å². The molecule has 0 aliphatic carbocycles. The van der Waals surface area contributed by atoms with Crippen LogP contribution < -0.4 is 39.0 Å². The molecule has 384 valence electrons. The van der Waals surface area contributed by atoms with Crippen molar-refractivity contribution in [2.24, 2.45) is 29.2 Å². The van der Waals surface area contributed by atoms with Crippen molar-refractivity contribution in [3.05, 3.63) is 23.8 Å². The van der Waals surface area contributed by atoms with E-state index in [9.17, 15) is 19.5 Å². The van der Waals surface area contributed by atoms with Gasteiger partial charge in [0.2, 0.25) is 29.7 Å². The monoisotopic (exact) mass is 986 g/mol. The molecule has 3 aromatic heterocycles. The van der Waals surface area contributed by atoms with E-state index < -0.39 is 18.1 Å². The van der Waals surface area contributed by atoms with Gasteiger partial charge in [-0.25, -0.2) is 9.36 Å². The van der Waals surface area contributed by atoms with Gasteiger partial charge in [0.1, 0.15) is 18.7 Å². The van der Waals surface area contributed by atoms with Crippen LogP contribution in [-0.4, -0.2) is 176 Å². The van der Waals surface area contributed by atoms with Gasteiger partial charge in [0.25, 0.3) is 0 Å². The maximum Gasteiger partial charge on any atom is 0.303 e. The number of anilines is 3. The Morgan fingerprint density at radius 2 is 1.29 bits per heavy atom. The molecule has 0 radical (unpaired) electrons. The molecular weight excluding hydrogens is 912 g/mol. The Morgan fingerprint density at radius 3 is 1.86 bits per heavy atom. The number of carbonyl (C=O) groups is 3. The topological polar surface area (TPSA) is 276 Å². The maximum atomic E-state index is 14.3. The van der Waals surface area contributed by atoms with Crippen molar-refractivity contribution in [2.75, 3.05) is 114 Å². The van der Waals surface area contributed by atoms with E-state index in [2.05, 4.69) is 59.6 Å². The minimum Gasteiger partial charge on any atom is -1.00 e. The number of aromatic nitrogens is 9. The standard InChI is InChI=1S/C45H74N16O7.ClH/c1-8-22-66-24-26-68-27-25-67-23-13-48-43-49-44(58-18-14-56(15-19-58)41(64)37(11-12-38(62)63)60-30-36(53-54-60)39(47)32(6)9-2)51-45(50-43)59-20-16-57(17-21-59)42(65)40(33(7)10-3)61-29-35(52-55-61)34(46)28-31(4)5;/h1,29-34,37,39-40H,9-28,46-47H2,2-7H3,(H,62,63)(H,48,49,50,51);1H/p-1/t32-,33+,34?,37+,39?,40?;/m1./s1. The zero-order chi connectivity index (χ0) is 49.2. The number of hydrogen-bond acceptors (Lipinski definition) is 18. The third kappa shape index (κ3) is 16.4. The molecule has 5 rings (SSSR count). The Kier molecular flexibility index (Phi) is 23.2. The molecule has 3 aromatic rings. The minimum absolute atomic E-state index is 0. The third-order valence-corrected chi connectivity index (χ3v) is 12.5. The normalized spacial score (nSPS) is 16.9. The van der Waals surface area contributed by atoms with Gasteiger partial charge in [0, 0.05) is 65.3 Å². The summed E-state index contributed by atoms with van der Waals surface area (Å²) in [6, 6.07) is -2.02. The van der Waals surface area contributed by atoms with Crippen molar-refractivity contribution in [3.8, 4) is 12.3 Å². The van der Waals surface area contributed by atoms with Crippen molar-refractivity contribution < 1.29 is 46.1 Å². The van der Waals surface area contributed by atoms with Crippen LogP contribution in [0.3, 0.4) is 0 Å². The SMILES string of the molecule is C#CCOCCOCCOCCNc1nc(N2CCN(C(=O)C([C@@H](C)CC)n3cc(C(N)CC(C)C)nn3)CC2)nc(N2CCN(C(=O)[C@H](CCC(=O)O)n3cc(C(N)[C@H](C)CC)nn3)CC2)n1.[Cl-]. The van der Waals surface area contributed by atoms with Crippen molar-refractivity contribution >= 4 is 35.6 Å². The molecule has 0 spiro atoms. The summed E-state index contributed by atoms with van der Waals surface area (Å²) in [5, 5.41) is 30.1. The van der Waals surface area contributed by atoms with Crippen molar-refractivity contribution in [3.63, 3.8) is 0 Å². The summed E-state index contributed by atoms with van der Waals surface area (Å²) >= 11 is 0. The summed E-state index contributed by atoms with van der Waals surface area (Å²) in [4.78, 5) is 62.2. The van der Waals surface area contributed by atoms with Gasteiger partial charge in [-0.3, -0.25) is 14.4 Å². The van der Waals surface area contributed by atoms with Crippen LogP contribution in [-0.2, 0) is 28.6 Å². The summed E-state index contributed by atoms with van der Waals surface area (Å²) in [6.45, 7) is 18.4. The third-order valence-electron chi connectivity index (χ3n) is 12.5. The van der Waals surface area contributed by atoms with E-state index in [0.29, 0.717) is 127 Å². The number of aliphatic carboxylic acids is 1. The number of nitrogens with two attached hydrogens (primary N) is 2. The fourth-order valence-corrected chi connectivity index (χ4v) is 8.01. The highest BCUT2D eigenvalue weighted by Crippen LogP contribution is 2.28. The zero-order valence-electron chi connectivity index (χ0n) is 41.2. The Morgan fingerprint density at radius 1 is 0.754 bits per heavy atom. The predicted octanol–water partition coefficient (Wildman–Crippen LogP) is -1.06. The van der Waals surface area contributed by atoms with Gasteiger partial charge in [-0.05, 0) is 30.6 Å². The van der Waals surface area contributed by atoms with E-state index in [1.54, 1.807) is 15.8 Å². The number of carbonyl (C=O) groups excluding carboxylic acids is 2. The highest BCUT2D eigenvalue weighted by molar-refractivity contribution is 5.82. The van der Waals surface area contributed by atoms with Crippen LogP contribution >= 0.6 is 0 Å². The number of rotatable bonds is 28. The van der Waals surface area contributed by atoms with E-state index in [-0.39, 0.29) is 67.6 Å². The summed E-state index contributed by atoms with van der Waals surface area (Å²) in [6.07, 6.45) is 10.9. The largest absolute Gasteiger partial charge is 1.00 e. The van der Waals surface area contributed by atoms with Crippen LogP contribution in [0, 0.1) is 30.1 Å². The van der Waals surface area contributed by atoms with Gasteiger partial charge >= 0.3 is 5.97 Å². The molecule has 69 heavy (non-hydrogen) atoms. The summed E-state index contributed by atoms with van der Waals surface area (Å²) in [7, 11) is 0. The van der Waals surface area contributed by atoms with Crippen LogP contribution in [0.15, 0.2) is 12.4 Å². The second-order valence-corrected chi connectivity index (χ2v) is 18.0. The number of nitrogens with one attached hydrogen (secondary N) is 1. The smallest absolute Gasteiger partial charge is 0.303 e. The van der Waals surface area contributed by atoms with E-state index >= 15 is 0 Å². The predicted molar refractivity (Wildman–Crippen MR) is 254 cm³/mol. The van der Waals surface area contributed by atoms with Crippen molar-refractivity contribution in [2.45, 2.75) is 97.8 Å². The second-order valence-electron chi connectivity index (χ2n) is 18.0. The van der Waals surface area contributed by atoms with E-state index in [4.69, 9.17) is 47.1 Å². The average Bonchev–Trinajstić information content (AvgIpc) is 4.04. The molecule has 2 aliphatic rings. The number of piperazine rings is 2. The molecule has 23 nitrogen and oxygen atoms in total. The number of hydrogen-bond donors (Lipinski definition) is 4. The first kappa shape index (κ1) is 56.3. The van der Waals surface area contributed by atoms with Gasteiger partial charge < -0.3 is 68.1 Å². The van der Waals surface area contributed by atoms with Crippen LogP contribution in [0.5, 0.6) is 0 Å². The molecule has 2 fully saturated rings. The van der Waals surface area contributed by atoms with E-state index in [0.717, 1.165) is 19.3 Å². The molecule has 0 saturated carbocycles. The first-order valence-corrected chi connectivity index (χ1v) is 24.0. The number of halogens is 1. The Hall–Kier alpha value is -5.25. The first-order chi connectivity index (χ1) is 32.7. The lowest BCUT2D eigenvalue weighted by atomic mass is 9.97. The average molecular weight is 987 g/mol. The number of carboxylic acid groups (broad SMARTS) is 1. The molecule has 5 heterocycles. The van der Waals surface area contributed by atoms with Crippen molar-refractivity contribution in [1.29, 1.82) is 0 Å². The molecule has 2 aliphatic heterocycles. The number of terminal acetylenes is 1. The number of nitrogens with zero attached hydrogens (tertiary/aromatic N) is 13. The second kappa shape index (κ2) is 28.4. The first-order valence-electron chi connectivity index (χ1n) is 24.0. The molecule has 0 aromatic carbocycles. The summed E-state index contributed by atoms with van der Waals surface area (Å²) in [5.41, 5.74) is 14.1. The van der Waals surface area contributed by atoms with E-state index in [1.807, 2.05) is 34.7 Å². The zero-order valence-corrected chi connectivity index (χ0v) is 41.9. The lowest BCUT2D eigenvalue weighted by molar-refractivity contribution is -0.139. The fourth-order valence-electron chi connectivity index (χ4n) is 8.01. The molecule has 6 atom stereocenters. The molecule has 2 amide bonds. The van der Waals surface area contributed by atoms with Crippen LogP contribution in [0.25, 0.3) is 0 Å². The summed E-state index contributed by atoms with van der Waals surface area (Å²) < 4.78 is 19.6. The van der Waals surface area contributed by atoms with Crippen molar-refractivity contribution in [1.82, 2.24) is 54.7 Å². The molecule has 3 unspecified atom stereocenters. The number of carboxylic acids is 1. The van der Waals surface area contributed by atoms with Gasteiger partial charge in [-0.2, -0.15) is 15.0 Å². The van der Waals surface area contributed by atoms with Crippen LogP contribution in [0.4, 0.5) is 17.8 Å². The van der Waals surface area contributed by atoms with Gasteiger partial charge in [0.15, 0.2) is 0 Å². The highest BCUT2D eigenvalue weighted by atomic mass is 35.5. The number of amides is 2. The van der Waals surface area contributed by atoms with Gasteiger partial charge in [-0.1, -0.05) is 70.7 Å². The highest BCUT2D eigenvalue weighted by Gasteiger charge is 2.35. The Bertz CT molecular complexity index is 2070. The fraction of sp³-hybridized carbons (Fsp3) is 0.733.